The molecule has 4 rings (SSSR count). The van der Waals surface area contributed by atoms with Crippen LogP contribution in [0.2, 0.25) is 0 Å². The Labute approximate surface area is 238 Å². The number of allylic oxidation sites excluding steroid dienone is 3. The number of likely N-dealkylation sites (tertiary alicyclic amines) is 1. The minimum absolute atomic E-state index is 0.0365. The highest BCUT2D eigenvalue weighted by Crippen LogP contribution is 2.44. The lowest BCUT2D eigenvalue weighted by molar-refractivity contribution is -0.133. The minimum atomic E-state index is -0.0365. The lowest BCUT2D eigenvalue weighted by Gasteiger charge is -2.32. The van der Waals surface area contributed by atoms with E-state index in [1.807, 2.05) is 18.0 Å². The number of hydrogen-bond acceptors (Lipinski definition) is 9. The van der Waals surface area contributed by atoms with Crippen molar-refractivity contribution in [2.45, 2.75) is 32.2 Å². The van der Waals surface area contributed by atoms with E-state index in [0.717, 1.165) is 76.2 Å². The van der Waals surface area contributed by atoms with Gasteiger partial charge in [0.15, 0.2) is 0 Å². The van der Waals surface area contributed by atoms with Crippen molar-refractivity contribution < 1.29 is 19.5 Å². The summed E-state index contributed by atoms with van der Waals surface area (Å²) in [6, 6.07) is 0.449. The molecule has 224 valence electrons. The first kappa shape index (κ1) is 33.3. The number of rotatable bonds is 10. The van der Waals surface area contributed by atoms with E-state index in [1.54, 1.807) is 0 Å². The van der Waals surface area contributed by atoms with Crippen LogP contribution in [-0.2, 0) is 14.4 Å². The van der Waals surface area contributed by atoms with Gasteiger partial charge in [-0.25, -0.2) is 4.99 Å². The summed E-state index contributed by atoms with van der Waals surface area (Å²) in [6.45, 7) is 9.12. The minimum Gasteiger partial charge on any atom is -0.396 e. The van der Waals surface area contributed by atoms with Gasteiger partial charge >= 0.3 is 0 Å². The van der Waals surface area contributed by atoms with E-state index >= 15 is 0 Å². The largest absolute Gasteiger partial charge is 0.396 e. The van der Waals surface area contributed by atoms with Crippen molar-refractivity contribution in [2.75, 3.05) is 66.5 Å². The van der Waals surface area contributed by atoms with Gasteiger partial charge in [-0.2, -0.15) is 0 Å². The van der Waals surface area contributed by atoms with Crippen molar-refractivity contribution in [3.8, 4) is 0 Å². The number of nitrogens with two attached hydrogens (primary N) is 2. The molecule has 0 spiro atoms. The molecule has 2 heterocycles. The first-order valence-electron chi connectivity index (χ1n) is 14.0. The molecule has 3 atom stereocenters. The van der Waals surface area contributed by atoms with E-state index in [9.17, 15) is 14.4 Å². The zero-order valence-electron chi connectivity index (χ0n) is 24.2. The molecule has 12 heteroatoms. The zero-order chi connectivity index (χ0) is 29.5. The summed E-state index contributed by atoms with van der Waals surface area (Å²) in [5.41, 5.74) is 11.4. The zero-order valence-corrected chi connectivity index (χ0v) is 24.2. The van der Waals surface area contributed by atoms with Gasteiger partial charge in [0.05, 0.1) is 12.3 Å². The number of amidine groups is 1. The maximum absolute atomic E-state index is 11.3. The summed E-state index contributed by atoms with van der Waals surface area (Å²) >= 11 is 0. The van der Waals surface area contributed by atoms with Crippen LogP contribution in [0.5, 0.6) is 0 Å². The number of carbonyl (C=O) groups excluding carboxylic acids is 3. The second-order valence-electron chi connectivity index (χ2n) is 10.8. The number of piperazine rings is 1. The lowest BCUT2D eigenvalue weighted by atomic mass is 9.80. The van der Waals surface area contributed by atoms with Gasteiger partial charge in [0.1, 0.15) is 5.84 Å². The van der Waals surface area contributed by atoms with Gasteiger partial charge in [-0.05, 0) is 62.9 Å². The molecule has 3 amide bonds. The van der Waals surface area contributed by atoms with Crippen molar-refractivity contribution in [1.29, 1.82) is 0 Å². The van der Waals surface area contributed by atoms with Crippen molar-refractivity contribution in [3.63, 3.8) is 0 Å². The van der Waals surface area contributed by atoms with Crippen LogP contribution in [0.15, 0.2) is 41.2 Å². The Hall–Kier alpha value is -2.90. The lowest BCUT2D eigenvalue weighted by Crippen LogP contribution is -2.47. The van der Waals surface area contributed by atoms with Crippen molar-refractivity contribution in [3.05, 3.63) is 36.2 Å². The third-order valence-electron chi connectivity index (χ3n) is 7.81. The maximum Gasteiger partial charge on any atom is 0.224 e. The number of nitrogens with one attached hydrogen (secondary N) is 2. The van der Waals surface area contributed by atoms with Crippen molar-refractivity contribution >= 4 is 24.6 Å². The molecule has 0 aromatic carbocycles. The first-order chi connectivity index (χ1) is 19.3. The number of carbonyl (C=O) groups is 3. The number of piperidine rings is 1. The van der Waals surface area contributed by atoms with Gasteiger partial charge in [-0.1, -0.05) is 19.1 Å². The molecule has 4 aliphatic rings. The van der Waals surface area contributed by atoms with Crippen molar-refractivity contribution in [2.24, 2.45) is 33.7 Å². The van der Waals surface area contributed by atoms with Gasteiger partial charge in [0, 0.05) is 57.9 Å². The highest BCUT2D eigenvalue weighted by Gasteiger charge is 2.53. The summed E-state index contributed by atoms with van der Waals surface area (Å²) in [7, 11) is 3.55. The fourth-order valence-corrected chi connectivity index (χ4v) is 5.08. The fraction of sp³-hybridized carbons (Fsp3) is 0.643. The Morgan fingerprint density at radius 3 is 2.40 bits per heavy atom. The molecule has 12 nitrogen and oxygen atoms in total. The molecule has 2 saturated heterocycles. The highest BCUT2D eigenvalue weighted by molar-refractivity contribution is 5.99. The van der Waals surface area contributed by atoms with E-state index < -0.39 is 0 Å². The average molecular weight is 561 g/mol. The number of amides is 3. The van der Waals surface area contributed by atoms with Crippen LogP contribution >= 0.6 is 0 Å². The van der Waals surface area contributed by atoms with Crippen LogP contribution in [0.25, 0.3) is 0 Å². The monoisotopic (exact) mass is 560 g/mol. The molecule has 3 unspecified atom stereocenters. The standard InChI is InChI=1S/C19H27N5O2.C8H16N2O2.CH5N/c1-19(7-9-24-10-15-16(11-24)18(15)20)5-2-14(3-6-19)23-17(22-13-26)4-8-21-12-25;1-9-3-5-10(6-4-9)8(12)2-7-11;1-2/h2-5,8,12-13,15-16,18H,6-7,9-11,20H2,1H3,(H,21,25)(H,22,23,26);11H,2-7H2,1H3;2H2,1H3/b8-4-;;. The number of nitrogens with zero attached hydrogens (tertiary/aromatic N) is 4. The molecule has 0 radical (unpaired) electrons. The summed E-state index contributed by atoms with van der Waals surface area (Å²) in [4.78, 5) is 43.2. The van der Waals surface area contributed by atoms with Crippen LogP contribution < -0.4 is 22.1 Å². The van der Waals surface area contributed by atoms with Crippen LogP contribution in [0.3, 0.4) is 0 Å². The van der Waals surface area contributed by atoms with Gasteiger partial charge in [-0.15, -0.1) is 0 Å². The van der Waals surface area contributed by atoms with Gasteiger partial charge < -0.3 is 41.9 Å². The number of aliphatic imine (C=N–C) groups is 1. The molecular weight excluding hydrogens is 512 g/mol. The normalized spacial score (nSPS) is 27.9. The Morgan fingerprint density at radius 2 is 1.85 bits per heavy atom. The fourth-order valence-electron chi connectivity index (χ4n) is 5.08. The highest BCUT2D eigenvalue weighted by atomic mass is 16.3. The average Bonchev–Trinajstić information content (AvgIpc) is 3.33. The third-order valence-corrected chi connectivity index (χ3v) is 7.81. The summed E-state index contributed by atoms with van der Waals surface area (Å²) in [5.74, 6) is 1.92. The van der Waals surface area contributed by atoms with E-state index in [-0.39, 0.29) is 24.3 Å². The predicted octanol–water partition coefficient (Wildman–Crippen LogP) is -0.763. The molecule has 0 bridgehead atoms. The summed E-state index contributed by atoms with van der Waals surface area (Å²) < 4.78 is 0. The molecule has 3 fully saturated rings. The number of aliphatic hydroxyl groups excluding tert-OH is 1. The van der Waals surface area contributed by atoms with Crippen LogP contribution in [0, 0.1) is 17.3 Å². The summed E-state index contributed by atoms with van der Waals surface area (Å²) in [6.07, 6.45) is 12.6. The Kier molecular flexibility index (Phi) is 14.2. The van der Waals surface area contributed by atoms with E-state index in [1.165, 1.54) is 19.3 Å². The second kappa shape index (κ2) is 17.0. The molecule has 2 aliphatic carbocycles. The first-order valence-corrected chi connectivity index (χ1v) is 14.0. The number of hydrogen-bond donors (Lipinski definition) is 5. The summed E-state index contributed by atoms with van der Waals surface area (Å²) in [5, 5.41) is 13.5. The second-order valence-corrected chi connectivity index (χ2v) is 10.8. The Morgan fingerprint density at radius 1 is 1.18 bits per heavy atom. The molecule has 7 N–H and O–H groups in total. The Bertz CT molecular complexity index is 933. The predicted molar refractivity (Wildman–Crippen MR) is 157 cm³/mol. The molecular formula is C28H48N8O4. The maximum atomic E-state index is 11.3. The molecule has 0 aromatic rings. The van der Waals surface area contributed by atoms with Crippen LogP contribution in [0.1, 0.15) is 26.2 Å². The van der Waals surface area contributed by atoms with E-state index in [2.05, 4.69) is 50.2 Å². The SMILES string of the molecule is CC1(CCN2CC3C(N)C3C2)C=CC(N=C(/C=C\NC=O)NC=O)=CC1.CN.CN1CCN(C(=O)CCO)CC1. The molecule has 1 saturated carbocycles. The quantitative estimate of drug-likeness (QED) is 0.132. The molecule has 40 heavy (non-hydrogen) atoms. The molecule has 2 aliphatic heterocycles. The van der Waals surface area contributed by atoms with E-state index in [0.29, 0.717) is 24.7 Å². The Balaban J connectivity index is 0.000000336. The number of fused-ring (bicyclic) bond motifs is 1. The van der Waals surface area contributed by atoms with Gasteiger partial charge in [-0.3, -0.25) is 14.4 Å². The topological polar surface area (TPSA) is 170 Å². The van der Waals surface area contributed by atoms with Crippen LogP contribution in [0.4, 0.5) is 0 Å². The van der Waals surface area contributed by atoms with E-state index in [4.69, 9.17) is 10.8 Å². The van der Waals surface area contributed by atoms with Gasteiger partial charge in [0.2, 0.25) is 18.7 Å². The molecule has 0 aromatic heterocycles. The third kappa shape index (κ3) is 10.6. The number of aliphatic hydroxyl groups is 1. The van der Waals surface area contributed by atoms with Crippen molar-refractivity contribution in [1.82, 2.24) is 25.3 Å². The smallest absolute Gasteiger partial charge is 0.224 e. The van der Waals surface area contributed by atoms with Crippen LogP contribution in [-0.4, -0.2) is 117 Å². The number of likely N-dealkylation sites (N-methyl/N-ethyl adjacent to an activating group) is 1. The van der Waals surface area contributed by atoms with Gasteiger partial charge in [0.25, 0.3) is 0 Å².